The van der Waals surface area contributed by atoms with Gasteiger partial charge in [-0.05, 0) is 20.9 Å². The van der Waals surface area contributed by atoms with Gasteiger partial charge in [-0.1, -0.05) is 4.09 Å². The molecule has 0 aliphatic carbocycles. The van der Waals surface area contributed by atoms with Crippen molar-refractivity contribution in [1.82, 2.24) is 9.19 Å². The number of hydrogen-bond donors (Lipinski definition) is 0. The van der Waals surface area contributed by atoms with E-state index in [1.807, 2.05) is 0 Å². The molecule has 0 unspecified atom stereocenters. The number of aromatic nitrogens is 2. The zero-order valence-electron chi connectivity index (χ0n) is 4.90. The Balaban J connectivity index is 3.05. The van der Waals surface area contributed by atoms with Crippen LogP contribution >= 0.6 is 28.3 Å². The molecule has 1 aromatic rings. The Morgan fingerprint density at radius 2 is 2.55 bits per heavy atom. The smallest absolute Gasteiger partial charge is 0.358 e. The minimum absolute atomic E-state index is 0.212. The highest BCUT2D eigenvalue weighted by molar-refractivity contribution is 9.10. The Kier molecular flexibility index (Phi) is 2.45. The van der Waals surface area contributed by atoms with Gasteiger partial charge in [-0.25, -0.2) is 0 Å². The predicted octanol–water partition coefficient (Wildman–Crippen LogP) is 1.93. The maximum atomic E-state index is 11.8. The van der Waals surface area contributed by atoms with Crippen molar-refractivity contribution in [1.29, 1.82) is 0 Å². The minimum Gasteiger partial charge on any atom is -0.358 e. The van der Waals surface area contributed by atoms with Gasteiger partial charge in [-0.3, -0.25) is 0 Å². The lowest BCUT2D eigenvalue weighted by Gasteiger charge is -1.82. The molecule has 0 spiro atoms. The maximum absolute atomic E-state index is 11.8. The monoisotopic (exact) mass is 241 g/mol. The number of nitrogens with zero attached hydrogens (tertiary/aromatic N) is 3. The molecule has 0 aliphatic rings. The summed E-state index contributed by atoms with van der Waals surface area (Å²) in [5.74, 6) is -0.387. The zero-order valence-corrected chi connectivity index (χ0v) is 7.30. The Morgan fingerprint density at radius 1 is 1.91 bits per heavy atom. The third-order valence-electron chi connectivity index (χ3n) is 0.877. The second kappa shape index (κ2) is 3.18. The van der Waals surface area contributed by atoms with E-state index in [4.69, 9.17) is 0 Å². The van der Waals surface area contributed by atoms with E-state index in [9.17, 15) is 14.0 Å². The first-order valence-electron chi connectivity index (χ1n) is 2.34. The van der Waals surface area contributed by atoms with E-state index in [-0.39, 0.29) is 22.8 Å². The van der Waals surface area contributed by atoms with Crippen molar-refractivity contribution in [3.63, 3.8) is 0 Å². The lowest BCUT2D eigenvalue weighted by molar-refractivity contribution is -0.389. The van der Waals surface area contributed by atoms with Gasteiger partial charge in [0.15, 0.2) is 0 Å². The third kappa shape index (κ3) is 1.69. The molecule has 0 radical (unpaired) electrons. The molecule has 60 valence electrons. The fraction of sp³-hybridized carbons (Fsp3) is 0. The van der Waals surface area contributed by atoms with Crippen LogP contribution in [0.3, 0.4) is 0 Å². The first-order chi connectivity index (χ1) is 5.15. The van der Waals surface area contributed by atoms with Gasteiger partial charge in [0.2, 0.25) is 12.3 Å². The number of rotatable bonds is 2. The summed E-state index contributed by atoms with van der Waals surface area (Å²) >= 11 is 2.67. The van der Waals surface area contributed by atoms with Crippen molar-refractivity contribution in [2.45, 2.75) is 0 Å². The van der Waals surface area contributed by atoms with Crippen molar-refractivity contribution in [2.75, 3.05) is 0 Å². The van der Waals surface area contributed by atoms with Crippen molar-refractivity contribution in [3.8, 4) is 0 Å². The van der Waals surface area contributed by atoms with Crippen LogP contribution in [0.2, 0.25) is 0 Å². The average Bonchev–Trinajstić information content (AvgIpc) is 2.31. The highest BCUT2D eigenvalue weighted by Crippen LogP contribution is 2.22. The van der Waals surface area contributed by atoms with E-state index in [2.05, 4.69) is 21.0 Å². The third-order valence-corrected chi connectivity index (χ3v) is 2.09. The molecule has 0 saturated heterocycles. The van der Waals surface area contributed by atoms with Crippen LogP contribution in [0, 0.1) is 10.1 Å². The lowest BCUT2D eigenvalue weighted by Crippen LogP contribution is -1.90. The largest absolute Gasteiger partial charge is 0.392 e. The molecule has 0 saturated carbocycles. The maximum Gasteiger partial charge on any atom is 0.392 e. The first-order valence-corrected chi connectivity index (χ1v) is 3.81. The van der Waals surface area contributed by atoms with Crippen molar-refractivity contribution in [2.24, 2.45) is 0 Å². The van der Waals surface area contributed by atoms with Crippen LogP contribution in [0.15, 0.2) is 10.7 Å². The second-order valence-electron chi connectivity index (χ2n) is 1.52. The normalized spacial score (nSPS) is 10.0. The van der Waals surface area contributed by atoms with Crippen molar-refractivity contribution < 1.29 is 8.81 Å². The van der Waals surface area contributed by atoms with Crippen LogP contribution in [0.25, 0.3) is 0 Å². The van der Waals surface area contributed by atoms with E-state index < -0.39 is 4.92 Å². The van der Waals surface area contributed by atoms with Gasteiger partial charge < -0.3 is 10.1 Å². The summed E-state index contributed by atoms with van der Waals surface area (Å²) in [5.41, 5.74) is 0. The molecule has 5 nitrogen and oxygen atoms in total. The molecule has 11 heavy (non-hydrogen) atoms. The van der Waals surface area contributed by atoms with Gasteiger partial charge in [0.05, 0.1) is 11.2 Å². The standard InChI is InChI=1S/C3HBrFN3O2S/c4-2-1-3(8(9)10)6-7(2)11-5/h1H. The van der Waals surface area contributed by atoms with Crippen LogP contribution < -0.4 is 0 Å². The first kappa shape index (κ1) is 8.47. The number of halogens is 2. The van der Waals surface area contributed by atoms with E-state index in [1.54, 1.807) is 0 Å². The van der Waals surface area contributed by atoms with Gasteiger partial charge in [0.1, 0.15) is 4.60 Å². The van der Waals surface area contributed by atoms with Gasteiger partial charge in [0.25, 0.3) is 0 Å². The fourth-order valence-electron chi connectivity index (χ4n) is 0.469. The number of hydrogen-bond acceptors (Lipinski definition) is 4. The number of nitro groups is 1. The Hall–Kier alpha value is -0.630. The zero-order chi connectivity index (χ0) is 8.43. The second-order valence-corrected chi connectivity index (χ2v) is 2.82. The van der Waals surface area contributed by atoms with Crippen molar-refractivity contribution >= 4 is 34.1 Å². The molecule has 8 heteroatoms. The molecular weight excluding hydrogens is 241 g/mol. The van der Waals surface area contributed by atoms with Crippen LogP contribution in [0.4, 0.5) is 9.70 Å². The highest BCUT2D eigenvalue weighted by atomic mass is 79.9. The summed E-state index contributed by atoms with van der Waals surface area (Å²) in [6.07, 6.45) is 0. The molecule has 0 N–H and O–H groups in total. The van der Waals surface area contributed by atoms with E-state index in [0.29, 0.717) is 0 Å². The molecule has 0 bridgehead atoms. The molecular formula is C3HBrFN3O2S. The fourth-order valence-corrected chi connectivity index (χ4v) is 1.15. The molecule has 0 aromatic carbocycles. The van der Waals surface area contributed by atoms with Crippen LogP contribution in [0.5, 0.6) is 0 Å². The summed E-state index contributed by atoms with van der Waals surface area (Å²) in [6.45, 7) is 0. The van der Waals surface area contributed by atoms with Gasteiger partial charge >= 0.3 is 5.82 Å². The molecule has 0 aliphatic heterocycles. The molecule has 0 atom stereocenters. The van der Waals surface area contributed by atoms with Gasteiger partial charge in [-0.2, -0.15) is 0 Å². The highest BCUT2D eigenvalue weighted by Gasteiger charge is 2.16. The molecule has 0 amide bonds. The summed E-state index contributed by atoms with van der Waals surface area (Å²) < 4.78 is 12.8. The van der Waals surface area contributed by atoms with Gasteiger partial charge in [-0.15, -0.1) is 3.89 Å². The van der Waals surface area contributed by atoms with E-state index >= 15 is 0 Å². The Morgan fingerprint density at radius 3 is 2.82 bits per heavy atom. The summed E-state index contributed by atoms with van der Waals surface area (Å²) in [7, 11) is 0. The lowest BCUT2D eigenvalue weighted by atomic mass is 10.7. The van der Waals surface area contributed by atoms with E-state index in [0.717, 1.165) is 10.2 Å². The SMILES string of the molecule is O=[N+]([O-])c1cc(Br)n(SF)n1. The average molecular weight is 242 g/mol. The molecule has 1 aromatic heterocycles. The van der Waals surface area contributed by atoms with Crippen LogP contribution in [-0.4, -0.2) is 14.1 Å². The Bertz CT molecular complexity index is 290. The van der Waals surface area contributed by atoms with E-state index in [1.165, 1.54) is 0 Å². The summed E-state index contributed by atoms with van der Waals surface area (Å²) in [5, 5.41) is 13.3. The van der Waals surface area contributed by atoms with Crippen LogP contribution in [0.1, 0.15) is 0 Å². The quantitative estimate of drug-likeness (QED) is 0.587. The minimum atomic E-state index is -0.697. The molecule has 1 rings (SSSR count). The Labute approximate surface area is 73.3 Å². The topological polar surface area (TPSA) is 61.0 Å². The van der Waals surface area contributed by atoms with Crippen LogP contribution in [-0.2, 0) is 0 Å². The predicted molar refractivity (Wildman–Crippen MR) is 40.7 cm³/mol. The molecule has 0 fully saturated rings. The van der Waals surface area contributed by atoms with Gasteiger partial charge in [0, 0.05) is 0 Å². The summed E-state index contributed by atoms with van der Waals surface area (Å²) in [6, 6.07) is 1.12. The van der Waals surface area contributed by atoms with Crippen molar-refractivity contribution in [3.05, 3.63) is 20.8 Å². The summed E-state index contributed by atoms with van der Waals surface area (Å²) in [4.78, 5) is 9.36. The molecule has 1 heterocycles.